The molecule has 0 unspecified atom stereocenters. The molecule has 0 aliphatic heterocycles. The average molecular weight is 184 g/mol. The maximum atomic E-state index is 7.87. The summed E-state index contributed by atoms with van der Waals surface area (Å²) >= 11 is 0.933. The summed E-state index contributed by atoms with van der Waals surface area (Å²) in [4.78, 5) is 0.842. The molecule has 4 heteroatoms. The van der Waals surface area contributed by atoms with Gasteiger partial charge in [-0.05, 0) is 17.7 Å². The van der Waals surface area contributed by atoms with E-state index in [2.05, 4.69) is 16.0 Å². The van der Waals surface area contributed by atoms with Crippen molar-refractivity contribution in [1.82, 2.24) is 0 Å². The van der Waals surface area contributed by atoms with E-state index in [1.54, 1.807) is 6.08 Å². The first-order valence-electron chi connectivity index (χ1n) is 3.24. The normalized spacial score (nSPS) is 9.75. The van der Waals surface area contributed by atoms with Crippen LogP contribution in [-0.2, 0) is 9.37 Å². The van der Waals surface area contributed by atoms with E-state index in [1.165, 1.54) is 0 Å². The molecule has 0 radical (unpaired) electrons. The van der Waals surface area contributed by atoms with E-state index in [0.29, 0.717) is 0 Å². The van der Waals surface area contributed by atoms with Crippen molar-refractivity contribution in [2.45, 2.75) is 4.90 Å². The lowest BCUT2D eigenvalue weighted by molar-refractivity contribution is -0.432. The molecule has 0 saturated carbocycles. The minimum Gasteiger partial charge on any atom is -0.220 e. The maximum Gasteiger partial charge on any atom is 0.0714 e. The van der Waals surface area contributed by atoms with Crippen LogP contribution in [0, 0.1) is 0 Å². The Kier molecular flexibility index (Phi) is 3.83. The SMILES string of the molecule is C=Cc1ccc(SOOO)cc1. The smallest absolute Gasteiger partial charge is 0.0714 e. The minimum absolute atomic E-state index is 0.842. The molecule has 0 aromatic heterocycles. The van der Waals surface area contributed by atoms with Gasteiger partial charge in [0, 0.05) is 4.90 Å². The summed E-state index contributed by atoms with van der Waals surface area (Å²) < 4.78 is 4.24. The predicted molar refractivity (Wildman–Crippen MR) is 47.2 cm³/mol. The molecule has 0 atom stereocenters. The highest BCUT2D eigenvalue weighted by Gasteiger charge is 1.93. The third-order valence-corrected chi connectivity index (χ3v) is 1.87. The first-order chi connectivity index (χ1) is 5.86. The molecule has 0 aliphatic rings. The van der Waals surface area contributed by atoms with Crippen LogP contribution in [0.15, 0.2) is 35.7 Å². The second kappa shape index (κ2) is 4.95. The van der Waals surface area contributed by atoms with Gasteiger partial charge in [-0.25, -0.2) is 5.26 Å². The Morgan fingerprint density at radius 3 is 2.50 bits per heavy atom. The van der Waals surface area contributed by atoms with Crippen LogP contribution >= 0.6 is 12.0 Å². The third-order valence-electron chi connectivity index (χ3n) is 1.28. The first kappa shape index (κ1) is 9.28. The fraction of sp³-hybridized carbons (Fsp3) is 0. The van der Waals surface area contributed by atoms with Gasteiger partial charge < -0.3 is 0 Å². The lowest BCUT2D eigenvalue weighted by Crippen LogP contribution is -1.78. The second-order valence-corrected chi connectivity index (χ2v) is 2.77. The van der Waals surface area contributed by atoms with Crippen LogP contribution in [0.4, 0.5) is 0 Å². The first-order valence-corrected chi connectivity index (χ1v) is 3.98. The predicted octanol–water partition coefficient (Wildman–Crippen LogP) is 2.76. The van der Waals surface area contributed by atoms with Crippen LogP contribution in [0.5, 0.6) is 0 Å². The Hall–Kier alpha value is -0.810. The fourth-order valence-electron chi connectivity index (χ4n) is 0.714. The van der Waals surface area contributed by atoms with E-state index in [0.717, 1.165) is 22.5 Å². The van der Waals surface area contributed by atoms with Crippen molar-refractivity contribution in [3.05, 3.63) is 36.4 Å². The molecule has 0 saturated heterocycles. The summed E-state index contributed by atoms with van der Waals surface area (Å²) in [5.41, 5.74) is 1.03. The third kappa shape index (κ3) is 2.67. The molecule has 0 amide bonds. The quantitative estimate of drug-likeness (QED) is 0.443. The Balaban J connectivity index is 2.58. The van der Waals surface area contributed by atoms with Crippen LogP contribution in [0.1, 0.15) is 5.56 Å². The molecule has 1 aromatic rings. The van der Waals surface area contributed by atoms with Crippen LogP contribution in [-0.4, -0.2) is 5.26 Å². The van der Waals surface area contributed by atoms with Crippen molar-refractivity contribution in [3.63, 3.8) is 0 Å². The number of benzene rings is 1. The summed E-state index contributed by atoms with van der Waals surface area (Å²) in [6.45, 7) is 3.62. The highest BCUT2D eigenvalue weighted by atomic mass is 32.2. The van der Waals surface area contributed by atoms with Crippen molar-refractivity contribution >= 4 is 18.1 Å². The van der Waals surface area contributed by atoms with Gasteiger partial charge in [-0.15, -0.1) is 4.33 Å². The standard InChI is InChI=1S/C8H8O3S/c1-2-7-3-5-8(6-4-7)12-11-10-9/h2-6,9H,1H2. The van der Waals surface area contributed by atoms with Crippen molar-refractivity contribution < 1.29 is 14.6 Å². The van der Waals surface area contributed by atoms with Gasteiger partial charge in [-0.3, -0.25) is 0 Å². The van der Waals surface area contributed by atoms with Crippen LogP contribution < -0.4 is 0 Å². The van der Waals surface area contributed by atoms with Crippen LogP contribution in [0.2, 0.25) is 0 Å². The number of rotatable bonds is 4. The number of hydrogen-bond donors (Lipinski definition) is 1. The van der Waals surface area contributed by atoms with Crippen molar-refractivity contribution in [3.8, 4) is 0 Å². The van der Waals surface area contributed by atoms with Gasteiger partial charge in [0.15, 0.2) is 0 Å². The van der Waals surface area contributed by atoms with Gasteiger partial charge in [0.25, 0.3) is 0 Å². The van der Waals surface area contributed by atoms with E-state index < -0.39 is 0 Å². The lowest BCUT2D eigenvalue weighted by atomic mass is 10.2. The van der Waals surface area contributed by atoms with Gasteiger partial charge in [-0.2, -0.15) is 0 Å². The lowest BCUT2D eigenvalue weighted by Gasteiger charge is -1.97. The van der Waals surface area contributed by atoms with Crippen molar-refractivity contribution in [2.75, 3.05) is 0 Å². The van der Waals surface area contributed by atoms with E-state index >= 15 is 0 Å². The molecule has 12 heavy (non-hydrogen) atoms. The van der Waals surface area contributed by atoms with Crippen LogP contribution in [0.25, 0.3) is 6.08 Å². The zero-order chi connectivity index (χ0) is 8.81. The molecule has 1 rings (SSSR count). The molecule has 64 valence electrons. The molecule has 0 heterocycles. The summed E-state index contributed by atoms with van der Waals surface area (Å²) in [7, 11) is 0. The van der Waals surface area contributed by atoms with E-state index in [9.17, 15) is 0 Å². The molecule has 1 N–H and O–H groups in total. The zero-order valence-corrected chi connectivity index (χ0v) is 7.08. The van der Waals surface area contributed by atoms with E-state index in [-0.39, 0.29) is 0 Å². The van der Waals surface area contributed by atoms with Gasteiger partial charge >= 0.3 is 0 Å². The molecule has 0 bridgehead atoms. The van der Waals surface area contributed by atoms with Crippen molar-refractivity contribution in [1.29, 1.82) is 0 Å². The average Bonchev–Trinajstić information content (AvgIpc) is 2.15. The monoisotopic (exact) mass is 184 g/mol. The van der Waals surface area contributed by atoms with Crippen molar-refractivity contribution in [2.24, 2.45) is 0 Å². The minimum atomic E-state index is 0.842. The topological polar surface area (TPSA) is 38.7 Å². The molecule has 0 spiro atoms. The Labute approximate surface area is 74.7 Å². The highest BCUT2D eigenvalue weighted by molar-refractivity contribution is 7.94. The van der Waals surface area contributed by atoms with Gasteiger partial charge in [0.05, 0.1) is 12.0 Å². The molecule has 0 aliphatic carbocycles. The second-order valence-electron chi connectivity index (χ2n) is 2.00. The molecule has 1 aromatic carbocycles. The molecule has 3 nitrogen and oxygen atoms in total. The molecular formula is C8H8O3S. The zero-order valence-electron chi connectivity index (χ0n) is 6.27. The van der Waals surface area contributed by atoms with Gasteiger partial charge in [-0.1, -0.05) is 29.8 Å². The molecule has 0 fully saturated rings. The van der Waals surface area contributed by atoms with Crippen LogP contribution in [0.3, 0.4) is 0 Å². The summed E-state index contributed by atoms with van der Waals surface area (Å²) in [6.07, 6.45) is 1.75. The molecular weight excluding hydrogens is 176 g/mol. The Morgan fingerprint density at radius 2 is 2.00 bits per heavy atom. The summed E-state index contributed by atoms with van der Waals surface area (Å²) in [5, 5.41) is 11.3. The van der Waals surface area contributed by atoms with E-state index in [1.807, 2.05) is 24.3 Å². The number of hydrogen-bond acceptors (Lipinski definition) is 4. The van der Waals surface area contributed by atoms with Gasteiger partial charge in [0.1, 0.15) is 0 Å². The summed E-state index contributed by atoms with van der Waals surface area (Å²) in [6, 6.07) is 7.44. The highest BCUT2D eigenvalue weighted by Crippen LogP contribution is 2.19. The van der Waals surface area contributed by atoms with E-state index in [4.69, 9.17) is 5.26 Å². The van der Waals surface area contributed by atoms with Gasteiger partial charge in [0.2, 0.25) is 0 Å². The largest absolute Gasteiger partial charge is 0.220 e. The Bertz CT molecular complexity index is 245. The Morgan fingerprint density at radius 1 is 1.33 bits per heavy atom. The maximum absolute atomic E-state index is 7.87. The fourth-order valence-corrected chi connectivity index (χ4v) is 1.07. The summed E-state index contributed by atoms with van der Waals surface area (Å²) in [5.74, 6) is 0.